The van der Waals surface area contributed by atoms with Crippen LogP contribution in [0.2, 0.25) is 0 Å². The van der Waals surface area contributed by atoms with Gasteiger partial charge in [-0.15, -0.1) is 0 Å². The molecule has 4 fully saturated rings. The quantitative estimate of drug-likeness (QED) is 0.747. The molecule has 4 aliphatic rings. The summed E-state index contributed by atoms with van der Waals surface area (Å²) in [5, 5.41) is 10.2. The smallest absolute Gasteiger partial charge is 0.168 e. The average molecular weight is 336 g/mol. The van der Waals surface area contributed by atoms with Crippen LogP contribution in [0.4, 0.5) is 0 Å². The number of aliphatic hydroxyl groups excluding tert-OH is 1. The van der Waals surface area contributed by atoms with Crippen molar-refractivity contribution in [3.8, 4) is 0 Å². The highest BCUT2D eigenvalue weighted by atomic mass is 16.6. The van der Waals surface area contributed by atoms with Crippen molar-refractivity contribution in [1.29, 1.82) is 0 Å². The van der Waals surface area contributed by atoms with E-state index in [1.54, 1.807) is 0 Å². The van der Waals surface area contributed by atoms with E-state index in [0.29, 0.717) is 12.0 Å². The predicted octanol–water partition coefficient (Wildman–Crippen LogP) is 3.11. The molecule has 8 atom stereocenters. The van der Waals surface area contributed by atoms with Crippen molar-refractivity contribution in [3.63, 3.8) is 0 Å². The number of ketones is 1. The van der Waals surface area contributed by atoms with E-state index in [9.17, 15) is 9.90 Å². The molecule has 2 saturated heterocycles. The van der Waals surface area contributed by atoms with Gasteiger partial charge in [-0.1, -0.05) is 13.8 Å². The van der Waals surface area contributed by atoms with Crippen LogP contribution in [0.1, 0.15) is 66.2 Å². The van der Waals surface area contributed by atoms with Crippen LogP contribution in [0.25, 0.3) is 0 Å². The van der Waals surface area contributed by atoms with Gasteiger partial charge in [0, 0.05) is 12.5 Å². The minimum atomic E-state index is -0.303. The van der Waals surface area contributed by atoms with Gasteiger partial charge < -0.3 is 14.6 Å². The molecule has 0 amide bonds. The minimum absolute atomic E-state index is 0.00265. The molecule has 0 aromatic rings. The zero-order chi connectivity index (χ0) is 17.3. The third kappa shape index (κ3) is 2.40. The largest absolute Gasteiger partial charge is 0.396 e. The van der Waals surface area contributed by atoms with Gasteiger partial charge in [0.25, 0.3) is 0 Å². The highest BCUT2D eigenvalue weighted by Crippen LogP contribution is 2.57. The number of ether oxygens (including phenoxy) is 2. The Hall–Kier alpha value is -0.450. The van der Waals surface area contributed by atoms with Crippen LogP contribution in [-0.2, 0) is 14.3 Å². The van der Waals surface area contributed by atoms with Gasteiger partial charge in [0.1, 0.15) is 6.10 Å². The Labute approximate surface area is 145 Å². The van der Waals surface area contributed by atoms with Gasteiger partial charge in [0.15, 0.2) is 5.78 Å². The second-order valence-corrected chi connectivity index (χ2v) is 9.55. The summed E-state index contributed by atoms with van der Waals surface area (Å²) in [4.78, 5) is 13.1. The first-order valence-electron chi connectivity index (χ1n) is 9.74. The fourth-order valence-corrected chi connectivity index (χ4v) is 5.68. The number of aliphatic hydroxyl groups is 1. The van der Waals surface area contributed by atoms with Gasteiger partial charge in [-0.05, 0) is 69.6 Å². The molecule has 4 nitrogen and oxygen atoms in total. The van der Waals surface area contributed by atoms with Crippen LogP contribution in [-0.4, -0.2) is 40.9 Å². The molecule has 4 rings (SSSR count). The van der Waals surface area contributed by atoms with Gasteiger partial charge in [-0.25, -0.2) is 0 Å². The van der Waals surface area contributed by atoms with Crippen molar-refractivity contribution in [2.75, 3.05) is 6.61 Å². The lowest BCUT2D eigenvalue weighted by atomic mass is 9.54. The first kappa shape index (κ1) is 17.0. The number of epoxide rings is 2. The SMILES string of the molecule is C[C@@H]1CC[C@H]2C(=O)[C@H]3O[C@]3(C)CC[C@H]3O[C@@]3(C)CC[C@]1(C)[C@H]2CO. The normalized spacial score (nSPS) is 57.2. The maximum Gasteiger partial charge on any atom is 0.168 e. The summed E-state index contributed by atoms with van der Waals surface area (Å²) < 4.78 is 11.9. The van der Waals surface area contributed by atoms with Gasteiger partial charge in [-0.2, -0.15) is 0 Å². The standard InChI is InChI=1S/C20H32O4/c1-12-5-6-13-14(11-21)18(12,2)9-10-19(3)15(23-19)7-8-20(4)17(24-20)16(13)22/h12-15,17,21H,5-11H2,1-4H3/t12-,13-,14+,15-,17-,18+,19+,20-/m1/s1. The number of carbonyl (C=O) groups is 1. The lowest BCUT2D eigenvalue weighted by Crippen LogP contribution is -2.48. The fourth-order valence-electron chi connectivity index (χ4n) is 5.68. The second kappa shape index (κ2) is 5.28. The van der Waals surface area contributed by atoms with Crippen molar-refractivity contribution in [3.05, 3.63) is 0 Å². The van der Waals surface area contributed by atoms with Crippen molar-refractivity contribution < 1.29 is 19.4 Å². The first-order chi connectivity index (χ1) is 11.2. The molecule has 0 aromatic carbocycles. The van der Waals surface area contributed by atoms with Crippen molar-refractivity contribution in [2.45, 2.75) is 89.6 Å². The number of hydrogen-bond acceptors (Lipinski definition) is 4. The van der Waals surface area contributed by atoms with Crippen LogP contribution in [0.3, 0.4) is 0 Å². The van der Waals surface area contributed by atoms with E-state index >= 15 is 0 Å². The molecule has 2 aliphatic heterocycles. The fraction of sp³-hybridized carbons (Fsp3) is 0.950. The van der Waals surface area contributed by atoms with Crippen LogP contribution >= 0.6 is 0 Å². The molecule has 0 radical (unpaired) electrons. The van der Waals surface area contributed by atoms with Gasteiger partial charge in [0.05, 0.1) is 17.3 Å². The van der Waals surface area contributed by atoms with Crippen molar-refractivity contribution >= 4 is 5.78 Å². The summed E-state index contributed by atoms with van der Waals surface area (Å²) in [6, 6.07) is 0. The van der Waals surface area contributed by atoms with Crippen LogP contribution in [0.15, 0.2) is 0 Å². The van der Waals surface area contributed by atoms with Crippen molar-refractivity contribution in [1.82, 2.24) is 0 Å². The Morgan fingerprint density at radius 3 is 2.50 bits per heavy atom. The van der Waals surface area contributed by atoms with E-state index in [2.05, 4.69) is 27.7 Å². The topological polar surface area (TPSA) is 62.4 Å². The predicted molar refractivity (Wildman–Crippen MR) is 90.6 cm³/mol. The lowest BCUT2D eigenvalue weighted by molar-refractivity contribution is -0.134. The molecule has 4 heteroatoms. The summed E-state index contributed by atoms with van der Waals surface area (Å²) in [5.74, 6) is 0.761. The lowest BCUT2D eigenvalue weighted by Gasteiger charge is -2.50. The van der Waals surface area contributed by atoms with Crippen LogP contribution in [0.5, 0.6) is 0 Å². The highest BCUT2D eigenvalue weighted by molar-refractivity contribution is 5.89. The monoisotopic (exact) mass is 336 g/mol. The zero-order valence-electron chi connectivity index (χ0n) is 15.5. The summed E-state index contributed by atoms with van der Waals surface area (Å²) in [6.45, 7) is 8.98. The molecule has 136 valence electrons. The van der Waals surface area contributed by atoms with Gasteiger partial charge in [-0.3, -0.25) is 4.79 Å². The van der Waals surface area contributed by atoms with E-state index in [1.165, 1.54) is 0 Å². The third-order valence-corrected chi connectivity index (χ3v) is 8.17. The molecule has 2 heterocycles. The summed E-state index contributed by atoms with van der Waals surface area (Å²) in [7, 11) is 0. The molecule has 0 spiro atoms. The van der Waals surface area contributed by atoms with E-state index in [-0.39, 0.29) is 46.9 Å². The van der Waals surface area contributed by atoms with E-state index in [4.69, 9.17) is 9.47 Å². The molecule has 0 unspecified atom stereocenters. The molecule has 1 N–H and O–H groups in total. The number of hydrogen-bond donors (Lipinski definition) is 1. The van der Waals surface area contributed by atoms with Crippen LogP contribution in [0, 0.1) is 23.2 Å². The molecule has 2 bridgehead atoms. The second-order valence-electron chi connectivity index (χ2n) is 9.55. The van der Waals surface area contributed by atoms with Crippen LogP contribution < -0.4 is 0 Å². The maximum absolute atomic E-state index is 13.1. The molecule has 24 heavy (non-hydrogen) atoms. The molecule has 2 aliphatic carbocycles. The third-order valence-electron chi connectivity index (χ3n) is 8.17. The highest BCUT2D eigenvalue weighted by Gasteiger charge is 2.63. The van der Waals surface area contributed by atoms with Crippen molar-refractivity contribution in [2.24, 2.45) is 23.2 Å². The first-order valence-corrected chi connectivity index (χ1v) is 9.74. The Morgan fingerprint density at radius 2 is 1.79 bits per heavy atom. The maximum atomic E-state index is 13.1. The summed E-state index contributed by atoms with van der Waals surface area (Å²) >= 11 is 0. The number of fused-ring (bicyclic) bond motifs is 4. The minimum Gasteiger partial charge on any atom is -0.396 e. The molecule has 2 saturated carbocycles. The van der Waals surface area contributed by atoms with E-state index in [0.717, 1.165) is 38.5 Å². The van der Waals surface area contributed by atoms with Gasteiger partial charge in [0.2, 0.25) is 0 Å². The molecule has 0 aromatic heterocycles. The van der Waals surface area contributed by atoms with Gasteiger partial charge >= 0.3 is 0 Å². The Balaban J connectivity index is 1.67. The van der Waals surface area contributed by atoms with E-state index < -0.39 is 0 Å². The Kier molecular flexibility index (Phi) is 3.73. The Morgan fingerprint density at radius 1 is 1.04 bits per heavy atom. The number of Topliss-reactive ketones (excluding diaryl/α,β-unsaturated/α-hetero) is 1. The molecular weight excluding hydrogens is 304 g/mol. The summed E-state index contributed by atoms with van der Waals surface area (Å²) in [6.07, 6.45) is 5.93. The summed E-state index contributed by atoms with van der Waals surface area (Å²) in [5.41, 5.74) is -0.320. The number of rotatable bonds is 1. The van der Waals surface area contributed by atoms with E-state index in [1.807, 2.05) is 0 Å². The Bertz CT molecular complexity index is 548. The average Bonchev–Trinajstić information content (AvgIpc) is 3.41. The zero-order valence-corrected chi connectivity index (χ0v) is 15.5. The molecular formula is C20H32O4. The number of carbonyl (C=O) groups excluding carboxylic acids is 1.